The van der Waals surface area contributed by atoms with Gasteiger partial charge in [-0.3, -0.25) is 0 Å². The van der Waals surface area contributed by atoms with Crippen molar-refractivity contribution in [1.82, 2.24) is 9.13 Å². The van der Waals surface area contributed by atoms with Gasteiger partial charge in [0.25, 0.3) is 0 Å². The molecule has 0 aliphatic heterocycles. The van der Waals surface area contributed by atoms with Crippen LogP contribution in [0.25, 0.3) is 111 Å². The Kier molecular flexibility index (Phi) is 9.74. The lowest BCUT2D eigenvalue weighted by Crippen LogP contribution is -2.18. The number of rotatable bonds is 13. The van der Waals surface area contributed by atoms with Gasteiger partial charge >= 0.3 is 0 Å². The number of nitrogens with zero attached hydrogens (tertiary/aromatic N) is 4. The average molecular weight is 1260 g/mol. The third-order valence-corrected chi connectivity index (χ3v) is 17.4. The lowest BCUT2D eigenvalue weighted by Gasteiger charge is -2.35. The maximum absolute atomic E-state index is 11.3. The molecule has 2 heterocycles. The van der Waals surface area contributed by atoms with Crippen LogP contribution in [0.4, 0.5) is 34.1 Å². The largest absolute Gasteiger partial charge is 0.309 e. The van der Waals surface area contributed by atoms with Crippen molar-refractivity contribution in [3.05, 3.63) is 350 Å². The first-order chi connectivity index (χ1) is 56.9. The molecular formula is C92H74N4. The van der Waals surface area contributed by atoms with Crippen LogP contribution in [0, 0.1) is 0 Å². The van der Waals surface area contributed by atoms with Gasteiger partial charge in [-0.05, 0) is 134 Å². The van der Waals surface area contributed by atoms with Crippen LogP contribution in [0.15, 0.2) is 339 Å². The molecule has 0 aliphatic rings. The van der Waals surface area contributed by atoms with Crippen LogP contribution in [0.2, 0.25) is 0 Å². The van der Waals surface area contributed by atoms with Gasteiger partial charge in [0, 0.05) is 77.9 Å². The minimum absolute atomic E-state index is 0.0262. The summed E-state index contributed by atoms with van der Waals surface area (Å²) in [5.74, 6) is 0. The zero-order chi connectivity index (χ0) is 86.0. The summed E-state index contributed by atoms with van der Waals surface area (Å²) >= 11 is 0. The Morgan fingerprint density at radius 1 is 0.281 bits per heavy atom. The van der Waals surface area contributed by atoms with E-state index in [1.54, 1.807) is 28.0 Å². The average Bonchev–Trinajstić information content (AvgIpc) is 1.51. The SMILES string of the molecule is [2H]c1c([2H])c(N(c2cc(-c3ccc(C(C)(C)C)cc3C(C)(C)C)cc(N(c3c(-c4ccccc4)cccc3-c3ccccc3)c3c([2H])c([2H])c([2H])c(-n4c5c([2H])c([2H])c([2H])c([2H])c5c5c([2H])c([2H])c([2H])c([2H])c54)c3[2H])c2)c2c(-c3ccccc3)cccc2-c2ccccc2)c([2H])c(-n2c3c([2H])c([2H])c([2H])c([2H])c3c3c([2H])c([2H])c([2H])c([2H])c32)c1[2H]. The number of para-hydroxylation sites is 6. The minimum atomic E-state index is -0.854. The molecule has 0 unspecified atom stereocenters. The lowest BCUT2D eigenvalue weighted by atomic mass is 9.77. The van der Waals surface area contributed by atoms with Crippen LogP contribution in [-0.2, 0) is 10.8 Å². The van der Waals surface area contributed by atoms with Crippen molar-refractivity contribution in [2.75, 3.05) is 9.80 Å². The fraction of sp³-hybridized carbons (Fsp3) is 0.0870. The van der Waals surface area contributed by atoms with Crippen LogP contribution in [0.1, 0.15) is 85.6 Å². The van der Waals surface area contributed by atoms with Crippen molar-refractivity contribution in [2.45, 2.75) is 52.4 Å². The molecule has 16 aromatic rings. The highest BCUT2D eigenvalue weighted by molar-refractivity contribution is 6.11. The summed E-state index contributed by atoms with van der Waals surface area (Å²) in [4.78, 5) is 3.16. The van der Waals surface area contributed by atoms with E-state index in [1.165, 1.54) is 0 Å². The Balaban J connectivity index is 1.17. The molecule has 0 saturated heterocycles. The van der Waals surface area contributed by atoms with E-state index < -0.39 is 201 Å². The summed E-state index contributed by atoms with van der Waals surface area (Å²) in [6, 6.07) is 40.5. The molecule has 0 saturated carbocycles. The quantitative estimate of drug-likeness (QED) is 0.114. The second-order valence-electron chi connectivity index (χ2n) is 25.5. The smallest absolute Gasteiger partial charge is 0.0667 e. The molecule has 0 amide bonds. The molecule has 0 atom stereocenters. The van der Waals surface area contributed by atoms with Gasteiger partial charge < -0.3 is 18.9 Å². The van der Waals surface area contributed by atoms with Crippen molar-refractivity contribution in [3.63, 3.8) is 0 Å². The van der Waals surface area contributed by atoms with Crippen LogP contribution in [0.3, 0.4) is 0 Å². The lowest BCUT2D eigenvalue weighted by molar-refractivity contribution is 0.570. The Morgan fingerprint density at radius 2 is 0.625 bits per heavy atom. The molecule has 0 spiro atoms. The predicted molar refractivity (Wildman–Crippen MR) is 409 cm³/mol. The first kappa shape index (κ1) is 38.5. The van der Waals surface area contributed by atoms with Gasteiger partial charge in [0.15, 0.2) is 0 Å². The molecule has 0 aliphatic carbocycles. The van der Waals surface area contributed by atoms with E-state index in [0.717, 1.165) is 20.3 Å². The third-order valence-electron chi connectivity index (χ3n) is 17.4. The molecular weight excluding hydrogens is 1160 g/mol. The summed E-state index contributed by atoms with van der Waals surface area (Å²) in [6.07, 6.45) is 0. The molecule has 96 heavy (non-hydrogen) atoms. The van der Waals surface area contributed by atoms with Crippen molar-refractivity contribution in [2.24, 2.45) is 0 Å². The zero-order valence-corrected chi connectivity index (χ0v) is 53.3. The maximum atomic E-state index is 11.3. The van der Waals surface area contributed by atoms with Gasteiger partial charge in [-0.15, -0.1) is 0 Å². The van der Waals surface area contributed by atoms with E-state index in [0.29, 0.717) is 55.6 Å². The van der Waals surface area contributed by atoms with Crippen LogP contribution < -0.4 is 9.80 Å². The normalized spacial score (nSPS) is 15.4. The maximum Gasteiger partial charge on any atom is 0.0667 e. The molecule has 0 bridgehead atoms. The topological polar surface area (TPSA) is 16.3 Å². The highest BCUT2D eigenvalue weighted by Crippen LogP contribution is 2.53. The molecule has 2 aromatic heterocycles. The van der Waals surface area contributed by atoms with Crippen LogP contribution >= 0.6 is 0 Å². The first-order valence-electron chi connectivity index (χ1n) is 43.5. The number of hydrogen-bond donors (Lipinski definition) is 0. The van der Waals surface area contributed by atoms with Crippen molar-refractivity contribution < 1.29 is 32.9 Å². The van der Waals surface area contributed by atoms with Crippen LogP contribution in [-0.4, -0.2) is 9.13 Å². The molecule has 462 valence electrons. The molecule has 4 heteroatoms. The first-order valence-corrected chi connectivity index (χ1v) is 31.5. The number of anilines is 6. The monoisotopic (exact) mass is 1260 g/mol. The van der Waals surface area contributed by atoms with Crippen molar-refractivity contribution in [3.8, 4) is 67.0 Å². The molecule has 0 fully saturated rings. The highest BCUT2D eigenvalue weighted by atomic mass is 15.2. The Bertz CT molecular complexity index is 6390. The number of benzene rings is 14. The Morgan fingerprint density at radius 3 is 0.958 bits per heavy atom. The predicted octanol–water partition coefficient (Wildman–Crippen LogP) is 25.8. The Labute approximate surface area is 597 Å². The minimum Gasteiger partial charge on any atom is -0.309 e. The third kappa shape index (κ3) is 10.7. The van der Waals surface area contributed by atoms with Gasteiger partial charge in [0.1, 0.15) is 0 Å². The van der Waals surface area contributed by atoms with E-state index in [-0.39, 0.29) is 44.3 Å². The van der Waals surface area contributed by atoms with Gasteiger partial charge in [-0.25, -0.2) is 0 Å². The van der Waals surface area contributed by atoms with E-state index in [9.17, 15) is 27.4 Å². The summed E-state index contributed by atoms with van der Waals surface area (Å²) in [5.41, 5.74) is 1.93. The second kappa shape index (κ2) is 24.3. The van der Waals surface area contributed by atoms with Gasteiger partial charge in [0.05, 0.1) is 66.3 Å². The molecule has 4 nitrogen and oxygen atoms in total. The van der Waals surface area contributed by atoms with Crippen molar-refractivity contribution in [1.29, 1.82) is 0 Å². The second-order valence-corrected chi connectivity index (χ2v) is 25.5. The number of aromatic nitrogens is 2. The van der Waals surface area contributed by atoms with E-state index >= 15 is 0 Å². The van der Waals surface area contributed by atoms with Gasteiger partial charge in [0.2, 0.25) is 0 Å². The van der Waals surface area contributed by atoms with Gasteiger partial charge in [-0.1, -0.05) is 302 Å². The van der Waals surface area contributed by atoms with Crippen molar-refractivity contribution >= 4 is 77.7 Å². The summed E-state index contributed by atoms with van der Waals surface area (Å²) in [6.45, 7) is 12.4. The number of hydrogen-bond acceptors (Lipinski definition) is 2. The van der Waals surface area contributed by atoms with Gasteiger partial charge in [-0.2, -0.15) is 0 Å². The molecule has 0 radical (unpaired) electrons. The van der Waals surface area contributed by atoms with E-state index in [4.69, 9.17) is 5.48 Å². The summed E-state index contributed by atoms with van der Waals surface area (Å²) in [7, 11) is 0. The molecule has 0 N–H and O–H groups in total. The standard InChI is InChI=1S/C92H74N4/c1-91(2,3)68-55-56-75(84(59-68)92(4,5)6)67-57-73(93(89-76(63-31-11-7-12-32-63)47-29-48-77(89)64-33-13-8-14-34-64)69-39-27-41-71(60-69)95-85-51-23-19-43-80(85)81-44-20-24-52-86(81)95)62-74(58-67)94(90-78(65-35-15-9-16-36-65)49-30-50-79(90)66-37-17-10-18-38-66)70-40-28-42-72(61-70)96-87-53-25-21-45-82(87)83-46-22-26-54-88(83)96/h7-62H,1-6H3/i19D,20D,21D,22D,23D,24D,25D,26D,27D,28D,39D,40D,41D,42D,43D,44D,45D,46D,51D,52D,53D,54D,60D,61D. The summed E-state index contributed by atoms with van der Waals surface area (Å²) in [5, 5.41) is -1.54. The fourth-order valence-corrected chi connectivity index (χ4v) is 13.0. The molecule has 14 aromatic carbocycles. The Hall–Kier alpha value is -11.7. The highest BCUT2D eigenvalue weighted by Gasteiger charge is 2.30. The van der Waals surface area contributed by atoms with E-state index in [2.05, 4.69) is 26.8 Å². The van der Waals surface area contributed by atoms with Crippen LogP contribution in [0.5, 0.6) is 0 Å². The molecule has 16 rings (SSSR count). The van der Waals surface area contributed by atoms with E-state index in [1.807, 2.05) is 191 Å². The number of fused-ring (bicyclic) bond motifs is 6. The fourth-order valence-electron chi connectivity index (χ4n) is 13.0. The summed E-state index contributed by atoms with van der Waals surface area (Å²) < 4.78 is 237. The zero-order valence-electron chi connectivity index (χ0n) is 77.3.